The molecule has 5 heteroatoms. The lowest BCUT2D eigenvalue weighted by molar-refractivity contribution is -0.145. The van der Waals surface area contributed by atoms with E-state index in [2.05, 4.69) is 5.32 Å². The van der Waals surface area contributed by atoms with E-state index in [1.54, 1.807) is 0 Å². The van der Waals surface area contributed by atoms with Crippen LogP contribution >= 0.6 is 0 Å². The number of carbonyl (C=O) groups is 1. The third-order valence-electron chi connectivity index (χ3n) is 4.29. The smallest absolute Gasteiger partial charge is 0.323 e. The standard InChI is InChI=1S/C15H27NO4/c1-2-15(14(17)18,16-12-6-7-12)8-4-9-19-11-13-5-3-10-20-13/h12-13,16H,2-11H2,1H3,(H,17,18). The van der Waals surface area contributed by atoms with E-state index in [4.69, 9.17) is 9.47 Å². The van der Waals surface area contributed by atoms with Gasteiger partial charge < -0.3 is 14.6 Å². The second-order valence-electron chi connectivity index (χ2n) is 5.97. The Labute approximate surface area is 121 Å². The lowest BCUT2D eigenvalue weighted by Gasteiger charge is -2.29. The first-order chi connectivity index (χ1) is 9.66. The molecule has 0 aromatic rings. The topological polar surface area (TPSA) is 67.8 Å². The molecule has 5 nitrogen and oxygen atoms in total. The van der Waals surface area contributed by atoms with Crippen molar-refractivity contribution in [1.82, 2.24) is 5.32 Å². The van der Waals surface area contributed by atoms with Gasteiger partial charge in [0.05, 0.1) is 12.7 Å². The Hall–Kier alpha value is -0.650. The molecular formula is C15H27NO4. The quantitative estimate of drug-likeness (QED) is 0.600. The summed E-state index contributed by atoms with van der Waals surface area (Å²) in [6.45, 7) is 4.04. The van der Waals surface area contributed by atoms with Crippen LogP contribution in [-0.2, 0) is 14.3 Å². The summed E-state index contributed by atoms with van der Waals surface area (Å²) < 4.78 is 11.1. The van der Waals surface area contributed by atoms with Crippen molar-refractivity contribution in [2.24, 2.45) is 0 Å². The van der Waals surface area contributed by atoms with Gasteiger partial charge in [-0.25, -0.2) is 0 Å². The van der Waals surface area contributed by atoms with Crippen LogP contribution in [0.4, 0.5) is 0 Å². The highest BCUT2D eigenvalue weighted by molar-refractivity contribution is 5.78. The van der Waals surface area contributed by atoms with E-state index >= 15 is 0 Å². The van der Waals surface area contributed by atoms with E-state index in [0.29, 0.717) is 32.1 Å². The highest BCUT2D eigenvalue weighted by Gasteiger charge is 2.40. The van der Waals surface area contributed by atoms with Gasteiger partial charge in [0.25, 0.3) is 0 Å². The van der Waals surface area contributed by atoms with E-state index in [0.717, 1.165) is 38.7 Å². The Morgan fingerprint density at radius 2 is 2.25 bits per heavy atom. The minimum absolute atomic E-state index is 0.245. The Morgan fingerprint density at radius 3 is 2.80 bits per heavy atom. The van der Waals surface area contributed by atoms with Crippen molar-refractivity contribution >= 4 is 5.97 Å². The lowest BCUT2D eigenvalue weighted by Crippen LogP contribution is -2.52. The van der Waals surface area contributed by atoms with Crippen LogP contribution in [0.5, 0.6) is 0 Å². The lowest BCUT2D eigenvalue weighted by atomic mass is 9.90. The third-order valence-corrected chi connectivity index (χ3v) is 4.29. The van der Waals surface area contributed by atoms with Gasteiger partial charge in [-0.2, -0.15) is 0 Å². The van der Waals surface area contributed by atoms with Crippen molar-refractivity contribution in [3.05, 3.63) is 0 Å². The summed E-state index contributed by atoms with van der Waals surface area (Å²) in [5.74, 6) is -0.731. The summed E-state index contributed by atoms with van der Waals surface area (Å²) in [5, 5.41) is 12.8. The highest BCUT2D eigenvalue weighted by Crippen LogP contribution is 2.27. The Kier molecular flexibility index (Phi) is 5.81. The minimum Gasteiger partial charge on any atom is -0.480 e. The Balaban J connectivity index is 1.66. The molecule has 1 aliphatic carbocycles. The van der Waals surface area contributed by atoms with Crippen molar-refractivity contribution in [2.75, 3.05) is 19.8 Å². The third kappa shape index (κ3) is 4.43. The first-order valence-electron chi connectivity index (χ1n) is 7.87. The molecule has 2 unspecified atom stereocenters. The molecule has 1 aliphatic heterocycles. The summed E-state index contributed by atoms with van der Waals surface area (Å²) in [4.78, 5) is 11.6. The molecule has 0 spiro atoms. The summed E-state index contributed by atoms with van der Waals surface area (Å²) in [5.41, 5.74) is -0.769. The SMILES string of the molecule is CCC(CCCOCC1CCCO1)(NC1CC1)C(=O)O. The molecule has 116 valence electrons. The monoisotopic (exact) mass is 285 g/mol. The second-order valence-corrected chi connectivity index (χ2v) is 5.97. The van der Waals surface area contributed by atoms with Gasteiger partial charge in [-0.1, -0.05) is 6.92 Å². The molecule has 0 aromatic heterocycles. The number of nitrogens with one attached hydrogen (secondary N) is 1. The number of carboxylic acid groups (broad SMARTS) is 1. The zero-order valence-electron chi connectivity index (χ0n) is 12.4. The summed E-state index contributed by atoms with van der Waals surface area (Å²) in [7, 11) is 0. The van der Waals surface area contributed by atoms with E-state index in [-0.39, 0.29) is 6.10 Å². The molecule has 1 saturated heterocycles. The number of ether oxygens (including phenoxy) is 2. The van der Waals surface area contributed by atoms with Crippen molar-refractivity contribution in [3.8, 4) is 0 Å². The van der Waals surface area contributed by atoms with E-state index < -0.39 is 11.5 Å². The number of rotatable bonds is 10. The zero-order valence-corrected chi connectivity index (χ0v) is 12.4. The van der Waals surface area contributed by atoms with E-state index in [9.17, 15) is 9.90 Å². The van der Waals surface area contributed by atoms with Gasteiger partial charge in [0.15, 0.2) is 0 Å². The van der Waals surface area contributed by atoms with Crippen molar-refractivity contribution < 1.29 is 19.4 Å². The summed E-state index contributed by atoms with van der Waals surface area (Å²) in [6, 6.07) is 0.402. The maximum Gasteiger partial charge on any atom is 0.323 e. The Morgan fingerprint density at radius 1 is 1.45 bits per heavy atom. The normalized spacial score (nSPS) is 25.6. The first-order valence-corrected chi connectivity index (χ1v) is 7.87. The molecule has 0 aromatic carbocycles. The molecule has 20 heavy (non-hydrogen) atoms. The second kappa shape index (κ2) is 7.38. The average Bonchev–Trinajstić information content (AvgIpc) is 3.09. The van der Waals surface area contributed by atoms with Crippen molar-refractivity contribution in [1.29, 1.82) is 0 Å². The van der Waals surface area contributed by atoms with Gasteiger partial charge >= 0.3 is 5.97 Å². The minimum atomic E-state index is -0.769. The van der Waals surface area contributed by atoms with Crippen LogP contribution in [0.2, 0.25) is 0 Å². The van der Waals surface area contributed by atoms with Crippen LogP contribution in [-0.4, -0.2) is 48.6 Å². The fourth-order valence-corrected chi connectivity index (χ4v) is 2.76. The highest BCUT2D eigenvalue weighted by atomic mass is 16.5. The van der Waals surface area contributed by atoms with Gasteiger partial charge in [-0.3, -0.25) is 10.1 Å². The maximum absolute atomic E-state index is 11.6. The largest absolute Gasteiger partial charge is 0.480 e. The summed E-state index contributed by atoms with van der Waals surface area (Å²) in [6.07, 6.45) is 6.66. The molecule has 2 N–H and O–H groups in total. The van der Waals surface area contributed by atoms with Gasteiger partial charge in [0.2, 0.25) is 0 Å². The molecule has 2 atom stereocenters. The summed E-state index contributed by atoms with van der Waals surface area (Å²) >= 11 is 0. The van der Waals surface area contributed by atoms with Crippen molar-refractivity contribution in [3.63, 3.8) is 0 Å². The van der Waals surface area contributed by atoms with E-state index in [1.165, 1.54) is 0 Å². The predicted octanol–water partition coefficient (Wildman–Crippen LogP) is 1.95. The molecule has 1 heterocycles. The van der Waals surface area contributed by atoms with Gasteiger partial charge in [0, 0.05) is 19.3 Å². The predicted molar refractivity (Wildman–Crippen MR) is 75.8 cm³/mol. The molecule has 1 saturated carbocycles. The van der Waals surface area contributed by atoms with Crippen LogP contribution < -0.4 is 5.32 Å². The van der Waals surface area contributed by atoms with E-state index in [1.807, 2.05) is 6.92 Å². The molecule has 2 rings (SSSR count). The number of carboxylic acids is 1. The fraction of sp³-hybridized carbons (Fsp3) is 0.933. The molecular weight excluding hydrogens is 258 g/mol. The number of hydrogen-bond donors (Lipinski definition) is 2. The Bertz CT molecular complexity index is 313. The van der Waals surface area contributed by atoms with Crippen LogP contribution in [0.1, 0.15) is 51.9 Å². The molecule has 0 amide bonds. The fourth-order valence-electron chi connectivity index (χ4n) is 2.76. The number of hydrogen-bond acceptors (Lipinski definition) is 4. The maximum atomic E-state index is 11.6. The molecule has 2 fully saturated rings. The zero-order chi connectivity index (χ0) is 14.4. The van der Waals surface area contributed by atoms with Crippen LogP contribution in [0.3, 0.4) is 0 Å². The van der Waals surface area contributed by atoms with Gasteiger partial charge in [-0.05, 0) is 44.9 Å². The number of aliphatic carboxylic acids is 1. The van der Waals surface area contributed by atoms with Crippen LogP contribution in [0.25, 0.3) is 0 Å². The average molecular weight is 285 g/mol. The van der Waals surface area contributed by atoms with Crippen LogP contribution in [0.15, 0.2) is 0 Å². The molecule has 0 radical (unpaired) electrons. The van der Waals surface area contributed by atoms with Gasteiger partial charge in [-0.15, -0.1) is 0 Å². The first kappa shape index (κ1) is 15.7. The van der Waals surface area contributed by atoms with Crippen LogP contribution in [0, 0.1) is 0 Å². The molecule has 2 aliphatic rings. The molecule has 0 bridgehead atoms. The van der Waals surface area contributed by atoms with Gasteiger partial charge in [0.1, 0.15) is 5.54 Å². The van der Waals surface area contributed by atoms with Crippen molar-refractivity contribution in [2.45, 2.75) is 69.6 Å².